The van der Waals surface area contributed by atoms with Crippen LogP contribution in [0, 0.1) is 0 Å². The zero-order chi connectivity index (χ0) is 16.1. The van der Waals surface area contributed by atoms with Crippen LogP contribution in [-0.4, -0.2) is 21.1 Å². The maximum atomic E-state index is 5.85. The molecule has 0 saturated carbocycles. The lowest BCUT2D eigenvalue weighted by Crippen LogP contribution is -2.09. The molecule has 0 fully saturated rings. The van der Waals surface area contributed by atoms with Crippen molar-refractivity contribution in [2.24, 2.45) is 0 Å². The summed E-state index contributed by atoms with van der Waals surface area (Å²) in [7, 11) is 0. The van der Waals surface area contributed by atoms with E-state index < -0.39 is 0 Å². The minimum absolute atomic E-state index is 0.313. The molecule has 0 aliphatic rings. The fourth-order valence-electron chi connectivity index (χ4n) is 2.74. The molecule has 5 nitrogen and oxygen atoms in total. The standard InChI is InChI=1S/C18H23N5/c1-2-3-7-11-20-17-16-15(21-18(19)22-17)10-12-23(16)13-14-8-5-4-6-9-14/h4-6,8-10,12H,2-3,7,11,13H2,1H3,(H3,19,20,21,22). The second-order valence-corrected chi connectivity index (χ2v) is 5.73. The molecule has 1 aromatic carbocycles. The highest BCUT2D eigenvalue weighted by molar-refractivity contribution is 5.87. The molecule has 5 heteroatoms. The molecule has 23 heavy (non-hydrogen) atoms. The molecule has 3 rings (SSSR count). The van der Waals surface area contributed by atoms with Crippen LogP contribution in [0.3, 0.4) is 0 Å². The zero-order valence-electron chi connectivity index (χ0n) is 13.5. The van der Waals surface area contributed by atoms with Crippen LogP contribution in [0.5, 0.6) is 0 Å². The second kappa shape index (κ2) is 7.13. The van der Waals surface area contributed by atoms with E-state index >= 15 is 0 Å². The normalized spacial score (nSPS) is 11.0. The molecule has 0 amide bonds. The van der Waals surface area contributed by atoms with Crippen LogP contribution in [-0.2, 0) is 6.54 Å². The van der Waals surface area contributed by atoms with Crippen molar-refractivity contribution in [1.29, 1.82) is 0 Å². The highest BCUT2D eigenvalue weighted by Gasteiger charge is 2.11. The van der Waals surface area contributed by atoms with Gasteiger partial charge in [0.25, 0.3) is 0 Å². The van der Waals surface area contributed by atoms with Gasteiger partial charge < -0.3 is 15.6 Å². The number of nitrogens with one attached hydrogen (secondary N) is 1. The Labute approximate surface area is 136 Å². The van der Waals surface area contributed by atoms with Crippen molar-refractivity contribution in [2.75, 3.05) is 17.6 Å². The SMILES string of the molecule is CCCCCNc1nc(N)nc2ccn(Cc3ccccc3)c12. The number of rotatable bonds is 7. The minimum Gasteiger partial charge on any atom is -0.368 e. The van der Waals surface area contributed by atoms with E-state index in [4.69, 9.17) is 5.73 Å². The number of aromatic nitrogens is 3. The number of nitrogen functional groups attached to an aromatic ring is 1. The van der Waals surface area contributed by atoms with Gasteiger partial charge >= 0.3 is 0 Å². The van der Waals surface area contributed by atoms with Crippen LogP contribution < -0.4 is 11.1 Å². The molecule has 2 heterocycles. The summed E-state index contributed by atoms with van der Waals surface area (Å²) in [6.07, 6.45) is 5.58. The maximum absolute atomic E-state index is 5.85. The van der Waals surface area contributed by atoms with Crippen LogP contribution >= 0.6 is 0 Å². The Balaban J connectivity index is 1.89. The molecule has 0 radical (unpaired) electrons. The third-order valence-electron chi connectivity index (χ3n) is 3.90. The van der Waals surface area contributed by atoms with E-state index in [0.29, 0.717) is 5.95 Å². The van der Waals surface area contributed by atoms with Crippen molar-refractivity contribution in [2.45, 2.75) is 32.7 Å². The molecule has 120 valence electrons. The van der Waals surface area contributed by atoms with Gasteiger partial charge in [0, 0.05) is 19.3 Å². The summed E-state index contributed by atoms with van der Waals surface area (Å²) in [4.78, 5) is 8.76. The predicted octanol–water partition coefficient (Wildman–Crippen LogP) is 3.66. The summed E-state index contributed by atoms with van der Waals surface area (Å²) in [5.74, 6) is 1.14. The molecule has 0 atom stereocenters. The van der Waals surface area contributed by atoms with Crippen LogP contribution in [0.15, 0.2) is 42.6 Å². The molecular weight excluding hydrogens is 286 g/mol. The van der Waals surface area contributed by atoms with Crippen LogP contribution in [0.1, 0.15) is 31.7 Å². The lowest BCUT2D eigenvalue weighted by Gasteiger charge is -2.11. The highest BCUT2D eigenvalue weighted by Crippen LogP contribution is 2.23. The van der Waals surface area contributed by atoms with E-state index in [1.54, 1.807) is 0 Å². The Morgan fingerprint density at radius 2 is 1.91 bits per heavy atom. The van der Waals surface area contributed by atoms with Crippen molar-refractivity contribution in [3.8, 4) is 0 Å². The van der Waals surface area contributed by atoms with Crippen molar-refractivity contribution < 1.29 is 0 Å². The van der Waals surface area contributed by atoms with E-state index in [9.17, 15) is 0 Å². The van der Waals surface area contributed by atoms with Gasteiger partial charge in [-0.15, -0.1) is 0 Å². The molecule has 0 unspecified atom stereocenters. The van der Waals surface area contributed by atoms with Gasteiger partial charge in [-0.05, 0) is 18.1 Å². The zero-order valence-corrected chi connectivity index (χ0v) is 13.5. The van der Waals surface area contributed by atoms with Crippen molar-refractivity contribution in [1.82, 2.24) is 14.5 Å². The van der Waals surface area contributed by atoms with Crippen molar-refractivity contribution >= 4 is 22.8 Å². The van der Waals surface area contributed by atoms with E-state index in [1.165, 1.54) is 18.4 Å². The van der Waals surface area contributed by atoms with E-state index in [0.717, 1.165) is 36.4 Å². The highest BCUT2D eigenvalue weighted by atomic mass is 15.1. The number of anilines is 2. The fourth-order valence-corrected chi connectivity index (χ4v) is 2.74. The Bertz CT molecular complexity index is 764. The smallest absolute Gasteiger partial charge is 0.222 e. The van der Waals surface area contributed by atoms with E-state index in [-0.39, 0.29) is 0 Å². The average molecular weight is 309 g/mol. The van der Waals surface area contributed by atoms with Crippen molar-refractivity contribution in [3.63, 3.8) is 0 Å². The summed E-state index contributed by atoms with van der Waals surface area (Å²) >= 11 is 0. The first-order valence-corrected chi connectivity index (χ1v) is 8.18. The third-order valence-corrected chi connectivity index (χ3v) is 3.90. The van der Waals surface area contributed by atoms with Gasteiger partial charge in [0.1, 0.15) is 5.52 Å². The summed E-state index contributed by atoms with van der Waals surface area (Å²) in [6.45, 7) is 3.89. The summed E-state index contributed by atoms with van der Waals surface area (Å²) in [6, 6.07) is 12.4. The number of unbranched alkanes of at least 4 members (excludes halogenated alkanes) is 2. The Morgan fingerprint density at radius 1 is 1.09 bits per heavy atom. The number of fused-ring (bicyclic) bond motifs is 1. The quantitative estimate of drug-likeness (QED) is 0.653. The first-order valence-electron chi connectivity index (χ1n) is 8.18. The topological polar surface area (TPSA) is 68.8 Å². The average Bonchev–Trinajstić information content (AvgIpc) is 2.95. The fraction of sp³-hybridized carbons (Fsp3) is 0.333. The predicted molar refractivity (Wildman–Crippen MR) is 95.5 cm³/mol. The van der Waals surface area contributed by atoms with Gasteiger partial charge in [-0.2, -0.15) is 4.98 Å². The molecule has 3 aromatic rings. The Kier molecular flexibility index (Phi) is 4.76. The molecule has 3 N–H and O–H groups in total. The first kappa shape index (κ1) is 15.3. The molecule has 0 aliphatic heterocycles. The first-order chi connectivity index (χ1) is 11.3. The van der Waals surface area contributed by atoms with Crippen molar-refractivity contribution in [3.05, 3.63) is 48.2 Å². The molecule has 0 aliphatic carbocycles. The molecular formula is C18H23N5. The van der Waals surface area contributed by atoms with E-state index in [2.05, 4.69) is 51.0 Å². The molecule has 0 bridgehead atoms. The summed E-state index contributed by atoms with van der Waals surface area (Å²) in [5.41, 5.74) is 8.99. The number of hydrogen-bond acceptors (Lipinski definition) is 4. The van der Waals surface area contributed by atoms with Gasteiger partial charge in [0.2, 0.25) is 5.95 Å². The monoisotopic (exact) mass is 309 g/mol. The van der Waals surface area contributed by atoms with Crippen LogP contribution in [0.4, 0.5) is 11.8 Å². The van der Waals surface area contributed by atoms with E-state index in [1.807, 2.05) is 18.3 Å². The van der Waals surface area contributed by atoms with Crippen LogP contribution in [0.25, 0.3) is 11.0 Å². The molecule has 0 saturated heterocycles. The van der Waals surface area contributed by atoms with Gasteiger partial charge in [-0.3, -0.25) is 0 Å². The third kappa shape index (κ3) is 3.62. The molecule has 0 spiro atoms. The van der Waals surface area contributed by atoms with Crippen LogP contribution in [0.2, 0.25) is 0 Å². The Morgan fingerprint density at radius 3 is 2.70 bits per heavy atom. The summed E-state index contributed by atoms with van der Waals surface area (Å²) < 4.78 is 2.17. The molecule has 2 aromatic heterocycles. The van der Waals surface area contributed by atoms with Gasteiger partial charge in [0.15, 0.2) is 5.82 Å². The lowest BCUT2D eigenvalue weighted by molar-refractivity contribution is 0.742. The largest absolute Gasteiger partial charge is 0.368 e. The van der Waals surface area contributed by atoms with Gasteiger partial charge in [-0.1, -0.05) is 50.1 Å². The lowest BCUT2D eigenvalue weighted by atomic mass is 10.2. The Hall–Kier alpha value is -2.56. The maximum Gasteiger partial charge on any atom is 0.222 e. The number of benzene rings is 1. The summed E-state index contributed by atoms with van der Waals surface area (Å²) in [5, 5.41) is 3.42. The second-order valence-electron chi connectivity index (χ2n) is 5.73. The number of nitrogens with two attached hydrogens (primary N) is 1. The number of nitrogens with zero attached hydrogens (tertiary/aromatic N) is 3. The minimum atomic E-state index is 0.313. The van der Waals surface area contributed by atoms with Gasteiger partial charge in [0.05, 0.1) is 5.52 Å². The number of hydrogen-bond donors (Lipinski definition) is 2. The van der Waals surface area contributed by atoms with Gasteiger partial charge in [-0.25, -0.2) is 4.98 Å².